The Morgan fingerprint density at radius 3 is 2.79 bits per heavy atom. The second-order valence-electron chi connectivity index (χ2n) is 5.72. The van der Waals surface area contributed by atoms with Crippen molar-refractivity contribution in [2.24, 2.45) is 0 Å². The number of aromatic nitrogens is 1. The molecule has 3 rings (SSSR count). The Bertz CT molecular complexity index is 416. The third-order valence-electron chi connectivity index (χ3n) is 4.18. The summed E-state index contributed by atoms with van der Waals surface area (Å²) in [6.07, 6.45) is 6.02. The van der Waals surface area contributed by atoms with Crippen LogP contribution in [0.2, 0.25) is 0 Å². The lowest BCUT2D eigenvalue weighted by Gasteiger charge is -2.27. The number of nitrogens with zero attached hydrogens (tertiary/aromatic N) is 2. The molecule has 2 heterocycles. The Balaban J connectivity index is 1.60. The maximum absolute atomic E-state index is 5.62. The van der Waals surface area contributed by atoms with Crippen LogP contribution in [-0.2, 0) is 11.3 Å². The van der Waals surface area contributed by atoms with Crippen LogP contribution in [0.25, 0.3) is 0 Å². The Morgan fingerprint density at radius 2 is 2.21 bits per heavy atom. The van der Waals surface area contributed by atoms with Gasteiger partial charge in [0.15, 0.2) is 0 Å². The van der Waals surface area contributed by atoms with E-state index >= 15 is 0 Å². The minimum absolute atomic E-state index is 0.294. The van der Waals surface area contributed by atoms with E-state index in [1.807, 2.05) is 6.20 Å². The number of hydrogen-bond acceptors (Lipinski definition) is 4. The number of nitrogens with one attached hydrogen (secondary N) is 1. The third-order valence-corrected chi connectivity index (χ3v) is 4.18. The largest absolute Gasteiger partial charge is 0.376 e. The van der Waals surface area contributed by atoms with Crippen LogP contribution in [-0.4, -0.2) is 36.8 Å². The van der Waals surface area contributed by atoms with Gasteiger partial charge in [-0.3, -0.25) is 0 Å². The summed E-state index contributed by atoms with van der Waals surface area (Å²) in [4.78, 5) is 6.83. The maximum Gasteiger partial charge on any atom is 0.128 e. The molecule has 1 N–H and O–H groups in total. The lowest BCUT2D eigenvalue weighted by Crippen LogP contribution is -2.37. The van der Waals surface area contributed by atoms with Crippen molar-refractivity contribution in [3.05, 3.63) is 23.9 Å². The first-order valence-corrected chi connectivity index (χ1v) is 7.27. The van der Waals surface area contributed by atoms with E-state index < -0.39 is 0 Å². The lowest BCUT2D eigenvalue weighted by molar-refractivity contribution is 0.118. The van der Waals surface area contributed by atoms with Crippen LogP contribution < -0.4 is 10.2 Å². The van der Waals surface area contributed by atoms with Crippen LogP contribution in [0.4, 0.5) is 5.82 Å². The van der Waals surface area contributed by atoms with Crippen molar-refractivity contribution in [1.82, 2.24) is 10.3 Å². The summed E-state index contributed by atoms with van der Waals surface area (Å²) >= 11 is 0. The van der Waals surface area contributed by atoms with Gasteiger partial charge in [0.2, 0.25) is 0 Å². The van der Waals surface area contributed by atoms with E-state index in [1.165, 1.54) is 18.4 Å². The first kappa shape index (κ1) is 12.9. The van der Waals surface area contributed by atoms with Gasteiger partial charge in [0.25, 0.3) is 0 Å². The fraction of sp³-hybridized carbons (Fsp3) is 0.667. The zero-order chi connectivity index (χ0) is 13.2. The second-order valence-corrected chi connectivity index (χ2v) is 5.72. The van der Waals surface area contributed by atoms with E-state index in [1.54, 1.807) is 0 Å². The predicted molar refractivity (Wildman–Crippen MR) is 76.3 cm³/mol. The molecule has 1 saturated heterocycles. The smallest absolute Gasteiger partial charge is 0.128 e. The second kappa shape index (κ2) is 5.47. The summed E-state index contributed by atoms with van der Waals surface area (Å²) in [5, 5.41) is 3.51. The van der Waals surface area contributed by atoms with Crippen molar-refractivity contribution >= 4 is 5.82 Å². The molecule has 1 aromatic heterocycles. The van der Waals surface area contributed by atoms with Crippen molar-refractivity contribution < 1.29 is 4.74 Å². The fourth-order valence-corrected chi connectivity index (χ4v) is 2.68. The molecule has 1 saturated carbocycles. The van der Waals surface area contributed by atoms with Gasteiger partial charge < -0.3 is 15.0 Å². The molecule has 4 nitrogen and oxygen atoms in total. The van der Waals surface area contributed by atoms with Crippen molar-refractivity contribution in [2.75, 3.05) is 18.6 Å². The van der Waals surface area contributed by atoms with Crippen molar-refractivity contribution in [1.29, 1.82) is 0 Å². The number of hydrogen-bond donors (Lipinski definition) is 1. The molecule has 0 spiro atoms. The topological polar surface area (TPSA) is 37.4 Å². The molecule has 0 aromatic carbocycles. The molecule has 1 aliphatic carbocycles. The van der Waals surface area contributed by atoms with E-state index in [0.717, 1.165) is 31.4 Å². The standard InChI is InChI=1S/C15H23N3O/c1-11-14(7-8-19-11)18(2)15-6-3-12(10-17-15)9-16-13-4-5-13/h3,6,10-11,13-14,16H,4-5,7-9H2,1-2H3. The molecular formula is C15H23N3O. The zero-order valence-electron chi connectivity index (χ0n) is 11.8. The molecule has 4 heteroatoms. The van der Waals surface area contributed by atoms with Gasteiger partial charge in [0.05, 0.1) is 12.1 Å². The maximum atomic E-state index is 5.62. The monoisotopic (exact) mass is 261 g/mol. The molecule has 2 aliphatic rings. The average Bonchev–Trinajstić information content (AvgIpc) is 3.17. The van der Waals surface area contributed by atoms with Crippen LogP contribution in [0.15, 0.2) is 18.3 Å². The van der Waals surface area contributed by atoms with E-state index in [4.69, 9.17) is 4.74 Å². The number of ether oxygens (including phenoxy) is 1. The zero-order valence-corrected chi connectivity index (χ0v) is 11.8. The Kier molecular flexibility index (Phi) is 3.71. The number of pyridine rings is 1. The van der Waals surface area contributed by atoms with E-state index in [9.17, 15) is 0 Å². The van der Waals surface area contributed by atoms with Crippen LogP contribution in [0, 0.1) is 0 Å². The molecule has 1 aromatic rings. The van der Waals surface area contributed by atoms with Gasteiger partial charge in [-0.2, -0.15) is 0 Å². The number of rotatable bonds is 5. The van der Waals surface area contributed by atoms with Gasteiger partial charge in [-0.05, 0) is 37.8 Å². The van der Waals surface area contributed by atoms with Crippen molar-refractivity contribution in [3.8, 4) is 0 Å². The van der Waals surface area contributed by atoms with E-state index in [0.29, 0.717) is 12.1 Å². The summed E-state index contributed by atoms with van der Waals surface area (Å²) in [6.45, 7) is 3.94. The van der Waals surface area contributed by atoms with Gasteiger partial charge in [0, 0.05) is 32.4 Å². The summed E-state index contributed by atoms with van der Waals surface area (Å²) in [6, 6.07) is 5.49. The van der Waals surface area contributed by atoms with Crippen LogP contribution in [0.3, 0.4) is 0 Å². The van der Waals surface area contributed by atoms with Crippen molar-refractivity contribution in [3.63, 3.8) is 0 Å². The molecule has 2 fully saturated rings. The first-order chi connectivity index (χ1) is 9.24. The molecule has 2 unspecified atom stereocenters. The molecule has 104 valence electrons. The molecule has 0 bridgehead atoms. The molecular weight excluding hydrogens is 238 g/mol. The highest BCUT2D eigenvalue weighted by atomic mass is 16.5. The highest BCUT2D eigenvalue weighted by Crippen LogP contribution is 2.23. The summed E-state index contributed by atoms with van der Waals surface area (Å²) < 4.78 is 5.62. The summed E-state index contributed by atoms with van der Waals surface area (Å²) in [5.41, 5.74) is 1.26. The molecule has 0 amide bonds. The minimum atomic E-state index is 0.294. The molecule has 2 atom stereocenters. The van der Waals surface area contributed by atoms with Gasteiger partial charge in [-0.25, -0.2) is 4.98 Å². The molecule has 19 heavy (non-hydrogen) atoms. The SMILES string of the molecule is CC1OCCC1N(C)c1ccc(CNC2CC2)cn1. The lowest BCUT2D eigenvalue weighted by atomic mass is 10.1. The van der Waals surface area contributed by atoms with E-state index in [2.05, 4.69) is 41.3 Å². The number of likely N-dealkylation sites (N-methyl/N-ethyl adjacent to an activating group) is 1. The summed E-state index contributed by atoms with van der Waals surface area (Å²) in [5.74, 6) is 1.04. The third kappa shape index (κ3) is 3.07. The fourth-order valence-electron chi connectivity index (χ4n) is 2.68. The molecule has 0 radical (unpaired) electrons. The normalized spacial score (nSPS) is 26.6. The quantitative estimate of drug-likeness (QED) is 0.879. The van der Waals surface area contributed by atoms with Gasteiger partial charge in [-0.1, -0.05) is 6.07 Å². The van der Waals surface area contributed by atoms with E-state index in [-0.39, 0.29) is 0 Å². The Morgan fingerprint density at radius 1 is 1.37 bits per heavy atom. The summed E-state index contributed by atoms with van der Waals surface area (Å²) in [7, 11) is 2.11. The van der Waals surface area contributed by atoms with Crippen molar-refractivity contribution in [2.45, 2.75) is 50.9 Å². The average molecular weight is 261 g/mol. The Hall–Kier alpha value is -1.13. The Labute approximate surface area is 115 Å². The van der Waals surface area contributed by atoms with Crippen LogP contribution in [0.1, 0.15) is 31.7 Å². The highest BCUT2D eigenvalue weighted by molar-refractivity contribution is 5.40. The minimum Gasteiger partial charge on any atom is -0.376 e. The van der Waals surface area contributed by atoms with Gasteiger partial charge in [0.1, 0.15) is 5.82 Å². The number of anilines is 1. The molecule has 1 aliphatic heterocycles. The van der Waals surface area contributed by atoms with Gasteiger partial charge in [-0.15, -0.1) is 0 Å². The predicted octanol–water partition coefficient (Wildman–Crippen LogP) is 1.95. The first-order valence-electron chi connectivity index (χ1n) is 7.27. The van der Waals surface area contributed by atoms with Crippen LogP contribution in [0.5, 0.6) is 0 Å². The van der Waals surface area contributed by atoms with Gasteiger partial charge >= 0.3 is 0 Å². The highest BCUT2D eigenvalue weighted by Gasteiger charge is 2.28. The van der Waals surface area contributed by atoms with Crippen LogP contribution >= 0.6 is 0 Å².